The number of ether oxygens (including phenoxy) is 3. The van der Waals surface area contributed by atoms with Crippen LogP contribution >= 0.6 is 0 Å². The van der Waals surface area contributed by atoms with Crippen LogP contribution in [-0.2, 0) is 14.2 Å². The van der Waals surface area contributed by atoms with Gasteiger partial charge in [-0.2, -0.15) is 0 Å². The number of benzene rings is 4. The van der Waals surface area contributed by atoms with Crippen molar-refractivity contribution in [2.75, 3.05) is 13.7 Å². The standard InChI is InChI=1S/C34H22O21.CH4O/c35-7-1-5-12(22(41)20(7)39)14-18-16-17-19(34(50)55-29(16)26(45)24(14)43)15(25(44)27(46)30(17)54-33(18)49)13-6(2-8(36)21(40)23(13)42)32(48)53-28-9(37)3-11(38)52-10(28)4-51-31(5)47;1-2/h1-2,9-11,28,35-46H,3-4H2;2H,1H3/t9?,10?,11?,28-;/m0./s1. The summed E-state index contributed by atoms with van der Waals surface area (Å²) in [6.07, 6.45) is -7.86. The number of cyclic esters (lactones) is 1. The molecule has 8 rings (SSSR count). The fraction of sp³-hybridized carbons (Fsp3) is 0.200. The van der Waals surface area contributed by atoms with Crippen LogP contribution in [0.5, 0.6) is 57.5 Å². The molecule has 3 unspecified atom stereocenters. The highest BCUT2D eigenvalue weighted by Crippen LogP contribution is 2.58. The number of phenols is 10. The van der Waals surface area contributed by atoms with E-state index in [2.05, 4.69) is 0 Å². The molecule has 0 amide bonds. The van der Waals surface area contributed by atoms with E-state index in [1.807, 2.05) is 0 Å². The molecule has 2 aliphatic rings. The first-order chi connectivity index (χ1) is 26.9. The molecule has 2 aliphatic heterocycles. The second-order valence-electron chi connectivity index (χ2n) is 12.5. The molecule has 1 fully saturated rings. The number of carbonyl (C=O) groups is 2. The monoisotopic (exact) mass is 798 g/mol. The Hall–Kier alpha value is -7.40. The Morgan fingerprint density at radius 3 is 1.42 bits per heavy atom. The van der Waals surface area contributed by atoms with Gasteiger partial charge in [-0.15, -0.1) is 0 Å². The van der Waals surface area contributed by atoms with Gasteiger partial charge in [-0.1, -0.05) is 0 Å². The van der Waals surface area contributed by atoms with Crippen LogP contribution in [0.3, 0.4) is 0 Å². The van der Waals surface area contributed by atoms with E-state index in [1.165, 1.54) is 0 Å². The maximum atomic E-state index is 13.9. The molecule has 0 saturated carbocycles. The number of aliphatic hydroxyl groups is 3. The van der Waals surface area contributed by atoms with Gasteiger partial charge >= 0.3 is 23.2 Å². The maximum absolute atomic E-state index is 13.9. The van der Waals surface area contributed by atoms with Gasteiger partial charge in [0.1, 0.15) is 12.7 Å². The first kappa shape index (κ1) is 37.9. The van der Waals surface area contributed by atoms with E-state index in [0.717, 1.165) is 7.11 Å². The molecule has 1 saturated heterocycles. The largest absolute Gasteiger partial charge is 0.504 e. The predicted octanol–water partition coefficient (Wildman–Crippen LogP) is 0.653. The Morgan fingerprint density at radius 2 is 0.965 bits per heavy atom. The van der Waals surface area contributed by atoms with Gasteiger partial charge in [0, 0.05) is 46.6 Å². The fourth-order valence-electron chi connectivity index (χ4n) is 7.01. The average molecular weight is 799 g/mol. The van der Waals surface area contributed by atoms with Gasteiger partial charge in [0.25, 0.3) is 0 Å². The van der Waals surface area contributed by atoms with Crippen molar-refractivity contribution in [3.8, 4) is 79.7 Å². The summed E-state index contributed by atoms with van der Waals surface area (Å²) in [5, 5.41) is 134. The minimum atomic E-state index is -1.90. The van der Waals surface area contributed by atoms with Crippen LogP contribution in [0, 0.1) is 0 Å². The van der Waals surface area contributed by atoms with Gasteiger partial charge in [0.2, 0.25) is 23.0 Å². The van der Waals surface area contributed by atoms with Crippen LogP contribution in [0.1, 0.15) is 27.1 Å². The summed E-state index contributed by atoms with van der Waals surface area (Å²) in [6, 6.07) is 0.984. The van der Waals surface area contributed by atoms with E-state index in [9.17, 15) is 80.5 Å². The van der Waals surface area contributed by atoms with E-state index >= 15 is 0 Å². The zero-order chi connectivity index (χ0) is 41.7. The third-order valence-electron chi connectivity index (χ3n) is 9.44. The molecule has 6 bridgehead atoms. The van der Waals surface area contributed by atoms with E-state index < -0.39 is 184 Å². The molecule has 0 radical (unpaired) electrons. The number of phenolic OH excluding ortho intramolecular Hbond substituents is 10. The van der Waals surface area contributed by atoms with E-state index in [4.69, 9.17) is 28.2 Å². The molecular weight excluding hydrogens is 772 g/mol. The number of carbonyl (C=O) groups excluding carboxylic acids is 2. The van der Waals surface area contributed by atoms with Gasteiger partial charge in [0.05, 0.1) is 28.0 Å². The van der Waals surface area contributed by atoms with E-state index in [0.29, 0.717) is 12.1 Å². The Morgan fingerprint density at radius 1 is 0.544 bits per heavy atom. The van der Waals surface area contributed by atoms with Gasteiger partial charge in [0.15, 0.2) is 58.1 Å². The van der Waals surface area contributed by atoms with Crippen LogP contribution in [0.4, 0.5) is 0 Å². The highest BCUT2D eigenvalue weighted by molar-refractivity contribution is 6.29. The Balaban J connectivity index is 0.00000244. The van der Waals surface area contributed by atoms with E-state index in [-0.39, 0.29) is 0 Å². The van der Waals surface area contributed by atoms with Gasteiger partial charge in [-0.25, -0.2) is 19.2 Å². The Bertz CT molecular complexity index is 2830. The number of hydrogen-bond acceptors (Lipinski definition) is 22. The highest BCUT2D eigenvalue weighted by atomic mass is 16.7. The van der Waals surface area contributed by atoms with E-state index in [1.54, 1.807) is 0 Å². The number of hydrogen-bond donors (Lipinski definition) is 13. The number of aromatic hydroxyl groups is 10. The summed E-state index contributed by atoms with van der Waals surface area (Å²) in [6.45, 7) is -1.03. The number of aliphatic hydroxyl groups excluding tert-OH is 3. The molecular formula is C35H26O22. The van der Waals surface area contributed by atoms with Crippen molar-refractivity contribution in [3.05, 3.63) is 44.1 Å². The van der Waals surface area contributed by atoms with Gasteiger partial charge < -0.3 is 89.4 Å². The lowest BCUT2D eigenvalue weighted by molar-refractivity contribution is -0.239. The summed E-state index contributed by atoms with van der Waals surface area (Å²) in [5.74, 6) is -16.7. The van der Waals surface area contributed by atoms with Crippen molar-refractivity contribution in [1.29, 1.82) is 0 Å². The SMILES string of the molecule is CO.O=C1OCC2OC(O)CC(O)[C@@H]2OC(=O)c2cc(O)c(O)c(O)c2-c2c(O)c(O)c3oc(=O)c4c(c(O)c(O)c5oc(=O)c2c3c54)-c2c1cc(O)c(O)c2O. The molecule has 22 nitrogen and oxygen atoms in total. The minimum Gasteiger partial charge on any atom is -0.504 e. The average Bonchev–Trinajstić information content (AvgIpc) is 3.17. The number of rotatable bonds is 0. The maximum Gasteiger partial charge on any atom is 0.345 e. The van der Waals surface area contributed by atoms with Crippen molar-refractivity contribution in [3.63, 3.8) is 0 Å². The molecule has 13 N–H and O–H groups in total. The normalized spacial score (nSPS) is 19.5. The molecule has 298 valence electrons. The quantitative estimate of drug-likeness (QED) is 0.0434. The third-order valence-corrected chi connectivity index (χ3v) is 9.44. The lowest BCUT2D eigenvalue weighted by Gasteiger charge is -2.37. The second kappa shape index (κ2) is 13.1. The summed E-state index contributed by atoms with van der Waals surface area (Å²) in [4.78, 5) is 55.4. The molecule has 0 aliphatic carbocycles. The zero-order valence-corrected chi connectivity index (χ0v) is 28.4. The summed E-state index contributed by atoms with van der Waals surface area (Å²) in [5.41, 5.74) is -11.4. The Kier molecular flexibility index (Phi) is 8.73. The van der Waals surface area contributed by atoms with Crippen LogP contribution in [0.2, 0.25) is 0 Å². The van der Waals surface area contributed by atoms with Crippen molar-refractivity contribution in [1.82, 2.24) is 0 Å². The van der Waals surface area contributed by atoms with Crippen molar-refractivity contribution in [2.24, 2.45) is 0 Å². The smallest absolute Gasteiger partial charge is 0.345 e. The molecule has 4 aromatic carbocycles. The zero-order valence-electron chi connectivity index (χ0n) is 28.4. The molecule has 22 heteroatoms. The summed E-state index contributed by atoms with van der Waals surface area (Å²) >= 11 is 0. The van der Waals surface area contributed by atoms with Crippen LogP contribution in [0.15, 0.2) is 30.6 Å². The molecule has 2 aromatic heterocycles. The van der Waals surface area contributed by atoms with Crippen LogP contribution in [-0.4, -0.2) is 117 Å². The first-order valence-corrected chi connectivity index (χ1v) is 16.0. The van der Waals surface area contributed by atoms with Crippen molar-refractivity contribution >= 4 is 44.6 Å². The van der Waals surface area contributed by atoms with Gasteiger partial charge in [-0.3, -0.25) is 0 Å². The summed E-state index contributed by atoms with van der Waals surface area (Å²) in [7, 11) is 1.00. The third kappa shape index (κ3) is 5.26. The highest BCUT2D eigenvalue weighted by Gasteiger charge is 2.43. The van der Waals surface area contributed by atoms with Crippen molar-refractivity contribution < 1.29 is 99.0 Å². The van der Waals surface area contributed by atoms with Crippen LogP contribution < -0.4 is 11.3 Å². The first-order valence-electron chi connectivity index (χ1n) is 16.0. The fourth-order valence-corrected chi connectivity index (χ4v) is 7.01. The molecule has 4 heterocycles. The number of esters is 2. The number of fused-ring (bicyclic) bond motifs is 5. The molecule has 6 aromatic rings. The lowest BCUT2D eigenvalue weighted by Crippen LogP contribution is -2.52. The van der Waals surface area contributed by atoms with Crippen LogP contribution in [0.25, 0.3) is 55.0 Å². The molecule has 0 spiro atoms. The molecule has 57 heavy (non-hydrogen) atoms. The second-order valence-corrected chi connectivity index (χ2v) is 12.5. The predicted molar refractivity (Wildman–Crippen MR) is 184 cm³/mol. The minimum absolute atomic E-state index is 0.484. The van der Waals surface area contributed by atoms with Crippen molar-refractivity contribution in [2.45, 2.75) is 31.0 Å². The summed E-state index contributed by atoms with van der Waals surface area (Å²) < 4.78 is 26.6. The van der Waals surface area contributed by atoms with Gasteiger partial charge in [-0.05, 0) is 12.1 Å². The molecule has 4 atom stereocenters. The topological polar surface area (TPSA) is 385 Å². The Labute approximate surface area is 312 Å². The lowest BCUT2D eigenvalue weighted by atomic mass is 9.88.